The van der Waals surface area contributed by atoms with Gasteiger partial charge < -0.3 is 4.74 Å². The average molecular weight is 184 g/mol. The lowest BCUT2D eigenvalue weighted by atomic mass is 10.2. The summed E-state index contributed by atoms with van der Waals surface area (Å²) in [4.78, 5) is 10.4. The molecule has 0 saturated carbocycles. The Labute approximate surface area is 69.3 Å². The molecule has 0 fully saturated rings. The standard InChI is InChI=1S/C6H10F2O2S/c1-5(2,3)10-4(9)6(7,8)11/h11H,1-3H3. The van der Waals surface area contributed by atoms with Crippen LogP contribution >= 0.6 is 12.6 Å². The maximum absolute atomic E-state index is 12.0. The average Bonchev–Trinajstić information content (AvgIpc) is 1.56. The molecule has 0 aliphatic heterocycles. The first-order valence-electron chi connectivity index (χ1n) is 2.96. The number of ether oxygens (including phenoxy) is 1. The van der Waals surface area contributed by atoms with Crippen LogP contribution in [0.2, 0.25) is 0 Å². The van der Waals surface area contributed by atoms with Gasteiger partial charge in [-0.1, -0.05) is 12.6 Å². The van der Waals surface area contributed by atoms with E-state index in [0.29, 0.717) is 0 Å². The second-order valence-electron chi connectivity index (χ2n) is 3.04. The highest BCUT2D eigenvalue weighted by Gasteiger charge is 2.38. The van der Waals surface area contributed by atoms with Crippen LogP contribution in [-0.4, -0.2) is 16.8 Å². The molecule has 0 atom stereocenters. The molecule has 0 aromatic heterocycles. The van der Waals surface area contributed by atoms with Crippen molar-refractivity contribution in [2.75, 3.05) is 0 Å². The van der Waals surface area contributed by atoms with Crippen LogP contribution in [0.25, 0.3) is 0 Å². The Morgan fingerprint density at radius 1 is 1.36 bits per heavy atom. The van der Waals surface area contributed by atoms with Gasteiger partial charge in [-0.15, -0.1) is 0 Å². The third-order valence-corrected chi connectivity index (χ3v) is 0.827. The summed E-state index contributed by atoms with van der Waals surface area (Å²) < 4.78 is 28.4. The van der Waals surface area contributed by atoms with E-state index in [4.69, 9.17) is 0 Å². The van der Waals surface area contributed by atoms with Gasteiger partial charge in [0.25, 0.3) is 0 Å². The first-order valence-corrected chi connectivity index (χ1v) is 3.41. The van der Waals surface area contributed by atoms with E-state index < -0.39 is 16.8 Å². The van der Waals surface area contributed by atoms with Crippen molar-refractivity contribution >= 4 is 18.6 Å². The zero-order chi connectivity index (χ0) is 9.28. The number of hydrogen-bond acceptors (Lipinski definition) is 3. The number of thiol groups is 1. The Bertz CT molecular complexity index is 157. The van der Waals surface area contributed by atoms with Crippen LogP contribution in [-0.2, 0) is 9.53 Å². The van der Waals surface area contributed by atoms with Gasteiger partial charge >= 0.3 is 11.2 Å². The molecule has 0 aromatic rings. The summed E-state index contributed by atoms with van der Waals surface area (Å²) in [6, 6.07) is 0. The Balaban J connectivity index is 4.11. The minimum atomic E-state index is -3.70. The zero-order valence-corrected chi connectivity index (χ0v) is 7.41. The van der Waals surface area contributed by atoms with Crippen molar-refractivity contribution in [3.63, 3.8) is 0 Å². The molecule has 0 rings (SSSR count). The summed E-state index contributed by atoms with van der Waals surface area (Å²) >= 11 is 2.75. The van der Waals surface area contributed by atoms with Gasteiger partial charge in [-0.05, 0) is 20.8 Å². The van der Waals surface area contributed by atoms with Crippen molar-refractivity contribution in [1.82, 2.24) is 0 Å². The lowest BCUT2D eigenvalue weighted by Gasteiger charge is -2.21. The molecule has 0 N–H and O–H groups in total. The van der Waals surface area contributed by atoms with E-state index >= 15 is 0 Å². The van der Waals surface area contributed by atoms with Crippen molar-refractivity contribution in [3.8, 4) is 0 Å². The van der Waals surface area contributed by atoms with E-state index in [0.717, 1.165) is 0 Å². The second-order valence-corrected chi connectivity index (χ2v) is 3.60. The van der Waals surface area contributed by atoms with E-state index in [9.17, 15) is 13.6 Å². The Morgan fingerprint density at radius 3 is 1.82 bits per heavy atom. The highest BCUT2D eigenvalue weighted by atomic mass is 32.1. The molecule has 0 bridgehead atoms. The monoisotopic (exact) mass is 184 g/mol. The number of carbonyl (C=O) groups is 1. The van der Waals surface area contributed by atoms with Crippen molar-refractivity contribution < 1.29 is 18.3 Å². The molecule has 0 aliphatic carbocycles. The van der Waals surface area contributed by atoms with E-state index in [2.05, 4.69) is 17.4 Å². The topological polar surface area (TPSA) is 26.3 Å². The molecule has 0 aliphatic rings. The first kappa shape index (κ1) is 10.7. The van der Waals surface area contributed by atoms with Gasteiger partial charge in [0.1, 0.15) is 5.60 Å². The maximum Gasteiger partial charge on any atom is 0.388 e. The summed E-state index contributed by atoms with van der Waals surface area (Å²) in [5.74, 6) is -1.62. The molecule has 0 saturated heterocycles. The number of esters is 1. The number of hydrogen-bond donors (Lipinski definition) is 1. The Morgan fingerprint density at radius 2 is 1.73 bits per heavy atom. The quantitative estimate of drug-likeness (QED) is 0.497. The van der Waals surface area contributed by atoms with Crippen molar-refractivity contribution in [1.29, 1.82) is 0 Å². The molecule has 0 spiro atoms. The summed E-state index contributed by atoms with van der Waals surface area (Å²) in [7, 11) is 0. The van der Waals surface area contributed by atoms with Crippen LogP contribution < -0.4 is 0 Å². The fourth-order valence-corrected chi connectivity index (χ4v) is 0.385. The Kier molecular flexibility index (Phi) is 2.88. The van der Waals surface area contributed by atoms with Crippen LogP contribution in [0.4, 0.5) is 8.78 Å². The number of halogens is 2. The molecular weight excluding hydrogens is 174 g/mol. The highest BCUT2D eigenvalue weighted by Crippen LogP contribution is 2.22. The third kappa shape index (κ3) is 5.01. The molecule has 2 nitrogen and oxygen atoms in total. The largest absolute Gasteiger partial charge is 0.455 e. The molecular formula is C6H10F2O2S. The van der Waals surface area contributed by atoms with Gasteiger partial charge in [0.2, 0.25) is 0 Å². The lowest BCUT2D eigenvalue weighted by molar-refractivity contribution is -0.171. The predicted molar refractivity (Wildman–Crippen MR) is 39.8 cm³/mol. The summed E-state index contributed by atoms with van der Waals surface area (Å²) in [6.07, 6.45) is 0. The van der Waals surface area contributed by atoms with Crippen molar-refractivity contribution in [3.05, 3.63) is 0 Å². The maximum atomic E-state index is 12.0. The number of alkyl halides is 2. The van der Waals surface area contributed by atoms with Gasteiger partial charge in [0, 0.05) is 0 Å². The Hall–Kier alpha value is -0.320. The van der Waals surface area contributed by atoms with E-state index in [1.54, 1.807) is 0 Å². The lowest BCUT2D eigenvalue weighted by Crippen LogP contribution is -2.32. The molecule has 11 heavy (non-hydrogen) atoms. The van der Waals surface area contributed by atoms with Crippen LogP contribution in [0.15, 0.2) is 0 Å². The molecule has 5 heteroatoms. The smallest absolute Gasteiger partial charge is 0.388 e. The number of carbonyl (C=O) groups excluding carboxylic acids is 1. The predicted octanol–water partition coefficient (Wildman–Crippen LogP) is 1.85. The van der Waals surface area contributed by atoms with Crippen molar-refractivity contribution in [2.45, 2.75) is 31.6 Å². The SMILES string of the molecule is CC(C)(C)OC(=O)C(F)(F)S. The summed E-state index contributed by atoms with van der Waals surface area (Å²) in [6.45, 7) is 4.51. The van der Waals surface area contributed by atoms with Gasteiger partial charge in [-0.2, -0.15) is 8.78 Å². The van der Waals surface area contributed by atoms with Crippen LogP contribution in [0.3, 0.4) is 0 Å². The van der Waals surface area contributed by atoms with E-state index in [-0.39, 0.29) is 0 Å². The number of rotatable bonds is 1. The minimum absolute atomic E-state index is 0.900. The molecule has 0 radical (unpaired) electrons. The van der Waals surface area contributed by atoms with Crippen molar-refractivity contribution in [2.24, 2.45) is 0 Å². The van der Waals surface area contributed by atoms with Crippen LogP contribution in [0, 0.1) is 0 Å². The van der Waals surface area contributed by atoms with Crippen LogP contribution in [0.1, 0.15) is 20.8 Å². The van der Waals surface area contributed by atoms with E-state index in [1.165, 1.54) is 20.8 Å². The molecule has 0 aromatic carbocycles. The van der Waals surface area contributed by atoms with Gasteiger partial charge in [0.05, 0.1) is 0 Å². The molecule has 0 amide bonds. The summed E-state index contributed by atoms with van der Waals surface area (Å²) in [5.41, 5.74) is -0.900. The summed E-state index contributed by atoms with van der Waals surface area (Å²) in [5, 5.41) is -3.70. The van der Waals surface area contributed by atoms with Gasteiger partial charge in [-0.25, -0.2) is 4.79 Å². The highest BCUT2D eigenvalue weighted by molar-refractivity contribution is 7.82. The molecule has 0 unspecified atom stereocenters. The molecule has 66 valence electrons. The minimum Gasteiger partial charge on any atom is -0.455 e. The first-order chi connectivity index (χ1) is 4.63. The van der Waals surface area contributed by atoms with Crippen LogP contribution in [0.5, 0.6) is 0 Å². The zero-order valence-electron chi connectivity index (χ0n) is 6.52. The van der Waals surface area contributed by atoms with Gasteiger partial charge in [0.15, 0.2) is 0 Å². The third-order valence-electron chi connectivity index (χ3n) is 0.644. The fourth-order valence-electron chi connectivity index (χ4n) is 0.339. The normalized spacial score (nSPS) is 12.9. The molecule has 0 heterocycles. The fraction of sp³-hybridized carbons (Fsp3) is 0.833. The van der Waals surface area contributed by atoms with E-state index in [1.807, 2.05) is 0 Å². The van der Waals surface area contributed by atoms with Gasteiger partial charge in [-0.3, -0.25) is 0 Å². The second kappa shape index (κ2) is 2.97.